The van der Waals surface area contributed by atoms with Crippen LogP contribution in [0.2, 0.25) is 0 Å². The molecule has 5 heteroatoms. The van der Waals surface area contributed by atoms with E-state index in [0.717, 1.165) is 22.0 Å². The minimum atomic E-state index is 0.253. The molecule has 1 aliphatic rings. The summed E-state index contributed by atoms with van der Waals surface area (Å²) in [6.45, 7) is 0.253. The van der Waals surface area contributed by atoms with Crippen LogP contribution in [0.5, 0.6) is 0 Å². The normalized spacial score (nSPS) is 14.4. The zero-order valence-corrected chi connectivity index (χ0v) is 11.1. The van der Waals surface area contributed by atoms with Gasteiger partial charge in [0.05, 0.1) is 0 Å². The van der Waals surface area contributed by atoms with E-state index in [1.165, 1.54) is 35.1 Å². The van der Waals surface area contributed by atoms with Gasteiger partial charge < -0.3 is 5.11 Å². The van der Waals surface area contributed by atoms with Gasteiger partial charge in [-0.25, -0.2) is 9.97 Å². The molecule has 17 heavy (non-hydrogen) atoms. The van der Waals surface area contributed by atoms with Crippen molar-refractivity contribution in [3.8, 4) is 0 Å². The molecule has 0 unspecified atom stereocenters. The quantitative estimate of drug-likeness (QED) is 0.525. The van der Waals surface area contributed by atoms with Crippen LogP contribution in [-0.2, 0) is 12.8 Å². The van der Waals surface area contributed by atoms with Gasteiger partial charge in [0.2, 0.25) is 0 Å². The third-order valence-electron chi connectivity index (χ3n) is 3.01. The van der Waals surface area contributed by atoms with Gasteiger partial charge in [-0.3, -0.25) is 0 Å². The molecule has 0 bridgehead atoms. The van der Waals surface area contributed by atoms with Crippen molar-refractivity contribution in [2.24, 2.45) is 0 Å². The first-order chi connectivity index (χ1) is 8.40. The van der Waals surface area contributed by atoms with Crippen molar-refractivity contribution < 1.29 is 5.11 Å². The lowest BCUT2D eigenvalue weighted by Crippen LogP contribution is -1.90. The lowest BCUT2D eigenvalue weighted by molar-refractivity contribution is 0.296. The van der Waals surface area contributed by atoms with Gasteiger partial charge >= 0.3 is 0 Å². The van der Waals surface area contributed by atoms with Gasteiger partial charge in [-0.15, -0.1) is 23.1 Å². The first-order valence-electron chi connectivity index (χ1n) is 5.89. The second-order valence-electron chi connectivity index (χ2n) is 4.14. The van der Waals surface area contributed by atoms with Crippen LogP contribution < -0.4 is 0 Å². The summed E-state index contributed by atoms with van der Waals surface area (Å²) in [6.07, 6.45) is 6.14. The molecule has 2 aromatic rings. The predicted molar refractivity (Wildman–Crippen MR) is 71.9 cm³/mol. The minimum absolute atomic E-state index is 0.253. The number of fused-ring (bicyclic) bond motifs is 3. The van der Waals surface area contributed by atoms with Gasteiger partial charge in [0.1, 0.15) is 16.2 Å². The summed E-state index contributed by atoms with van der Waals surface area (Å²) < 4.78 is 0. The molecular formula is C12H14N2OS2. The fourth-order valence-electron chi connectivity index (χ4n) is 2.24. The fraction of sp³-hybridized carbons (Fsp3) is 0.500. The lowest BCUT2D eigenvalue weighted by atomic mass is 10.2. The summed E-state index contributed by atoms with van der Waals surface area (Å²) in [5.41, 5.74) is 1.48. The van der Waals surface area contributed by atoms with Crippen molar-refractivity contribution in [3.63, 3.8) is 0 Å². The van der Waals surface area contributed by atoms with Crippen LogP contribution in [0.3, 0.4) is 0 Å². The number of aromatic nitrogens is 2. The Morgan fingerprint density at radius 2 is 2.29 bits per heavy atom. The van der Waals surface area contributed by atoms with Gasteiger partial charge in [0.15, 0.2) is 0 Å². The average molecular weight is 266 g/mol. The summed E-state index contributed by atoms with van der Waals surface area (Å²) in [5, 5.41) is 11.2. The van der Waals surface area contributed by atoms with Crippen molar-refractivity contribution in [2.75, 3.05) is 12.4 Å². The van der Waals surface area contributed by atoms with Crippen LogP contribution in [0.4, 0.5) is 0 Å². The second kappa shape index (κ2) is 4.92. The van der Waals surface area contributed by atoms with Crippen molar-refractivity contribution >= 4 is 33.3 Å². The Balaban J connectivity index is 1.99. The molecule has 0 fully saturated rings. The van der Waals surface area contributed by atoms with E-state index >= 15 is 0 Å². The molecular weight excluding hydrogens is 252 g/mol. The van der Waals surface area contributed by atoms with Crippen LogP contribution in [-0.4, -0.2) is 27.4 Å². The first kappa shape index (κ1) is 11.4. The standard InChI is InChI=1S/C12H14N2OS2/c15-5-2-6-16-11-10-8-3-1-4-9(8)17-12(10)14-7-13-11/h7,15H,1-6H2. The molecule has 2 aromatic heterocycles. The topological polar surface area (TPSA) is 46.0 Å². The highest BCUT2D eigenvalue weighted by Crippen LogP contribution is 2.39. The number of thiophene rings is 1. The molecule has 0 aliphatic heterocycles. The highest BCUT2D eigenvalue weighted by molar-refractivity contribution is 7.99. The van der Waals surface area contributed by atoms with Gasteiger partial charge in [-0.05, 0) is 31.2 Å². The second-order valence-corrected chi connectivity index (χ2v) is 6.31. The van der Waals surface area contributed by atoms with Crippen molar-refractivity contribution in [2.45, 2.75) is 30.7 Å². The third-order valence-corrected chi connectivity index (χ3v) is 5.28. The summed E-state index contributed by atoms with van der Waals surface area (Å²) in [7, 11) is 0. The summed E-state index contributed by atoms with van der Waals surface area (Å²) >= 11 is 3.57. The van der Waals surface area contributed by atoms with Gasteiger partial charge in [0, 0.05) is 22.6 Å². The number of aliphatic hydroxyl groups excluding tert-OH is 1. The lowest BCUT2D eigenvalue weighted by Gasteiger charge is -2.02. The fourth-order valence-corrected chi connectivity index (χ4v) is 4.49. The van der Waals surface area contributed by atoms with Crippen LogP contribution >= 0.6 is 23.1 Å². The van der Waals surface area contributed by atoms with Gasteiger partial charge in [-0.1, -0.05) is 0 Å². The highest BCUT2D eigenvalue weighted by atomic mass is 32.2. The van der Waals surface area contributed by atoms with E-state index < -0.39 is 0 Å². The predicted octanol–water partition coefficient (Wildman–Crippen LogP) is 2.65. The smallest absolute Gasteiger partial charge is 0.128 e. The molecule has 0 aromatic carbocycles. The minimum Gasteiger partial charge on any atom is -0.396 e. The zero-order chi connectivity index (χ0) is 11.7. The van der Waals surface area contributed by atoms with Gasteiger partial charge in [0.25, 0.3) is 0 Å². The first-order valence-corrected chi connectivity index (χ1v) is 7.69. The maximum Gasteiger partial charge on any atom is 0.128 e. The molecule has 0 atom stereocenters. The Bertz CT molecular complexity index is 539. The Hall–Kier alpha value is -0.650. The van der Waals surface area contributed by atoms with Crippen molar-refractivity contribution in [1.29, 1.82) is 0 Å². The van der Waals surface area contributed by atoms with Crippen molar-refractivity contribution in [1.82, 2.24) is 9.97 Å². The molecule has 90 valence electrons. The number of thioether (sulfide) groups is 1. The number of hydrogen-bond donors (Lipinski definition) is 1. The Morgan fingerprint density at radius 1 is 1.35 bits per heavy atom. The molecule has 0 spiro atoms. The summed E-state index contributed by atoms with van der Waals surface area (Å²) in [5.74, 6) is 0.924. The van der Waals surface area contributed by atoms with Gasteiger partial charge in [-0.2, -0.15) is 0 Å². The van der Waals surface area contributed by atoms with Crippen LogP contribution in [0.15, 0.2) is 11.4 Å². The van der Waals surface area contributed by atoms with E-state index in [-0.39, 0.29) is 6.61 Å². The number of rotatable bonds is 4. The molecule has 0 saturated carbocycles. The molecule has 0 saturated heterocycles. The third kappa shape index (κ3) is 2.07. The van der Waals surface area contributed by atoms with E-state index in [0.29, 0.717) is 0 Å². The molecule has 1 aliphatic carbocycles. The van der Waals surface area contributed by atoms with E-state index in [4.69, 9.17) is 5.11 Å². The van der Waals surface area contributed by atoms with E-state index in [2.05, 4.69) is 9.97 Å². The maximum absolute atomic E-state index is 8.83. The largest absolute Gasteiger partial charge is 0.396 e. The van der Waals surface area contributed by atoms with E-state index in [9.17, 15) is 0 Å². The zero-order valence-electron chi connectivity index (χ0n) is 9.48. The maximum atomic E-state index is 8.83. The molecule has 3 nitrogen and oxygen atoms in total. The number of aliphatic hydroxyl groups is 1. The molecule has 2 heterocycles. The highest BCUT2D eigenvalue weighted by Gasteiger charge is 2.20. The van der Waals surface area contributed by atoms with Crippen LogP contribution in [0.1, 0.15) is 23.3 Å². The van der Waals surface area contributed by atoms with Crippen LogP contribution in [0.25, 0.3) is 10.2 Å². The molecule has 1 N–H and O–H groups in total. The summed E-state index contributed by atoms with van der Waals surface area (Å²) in [4.78, 5) is 11.4. The number of aryl methyl sites for hydroxylation is 2. The van der Waals surface area contributed by atoms with E-state index in [1.807, 2.05) is 11.3 Å². The molecule has 0 radical (unpaired) electrons. The Kier molecular flexibility index (Phi) is 3.31. The SMILES string of the molecule is OCCCSc1ncnc2sc3c(c12)CCC3. The number of hydrogen-bond acceptors (Lipinski definition) is 5. The Morgan fingerprint density at radius 3 is 3.18 bits per heavy atom. The monoisotopic (exact) mass is 266 g/mol. The molecule has 0 amide bonds. The number of nitrogens with zero attached hydrogens (tertiary/aromatic N) is 2. The average Bonchev–Trinajstić information content (AvgIpc) is 2.89. The molecule has 3 rings (SSSR count). The van der Waals surface area contributed by atoms with Crippen LogP contribution in [0, 0.1) is 0 Å². The van der Waals surface area contributed by atoms with Crippen molar-refractivity contribution in [3.05, 3.63) is 16.8 Å². The Labute approximate surface area is 108 Å². The summed E-state index contributed by atoms with van der Waals surface area (Å²) in [6, 6.07) is 0. The van der Waals surface area contributed by atoms with E-state index in [1.54, 1.807) is 18.1 Å².